The van der Waals surface area contributed by atoms with E-state index in [9.17, 15) is 0 Å². The van der Waals surface area contributed by atoms with Crippen LogP contribution in [0.3, 0.4) is 0 Å². The monoisotopic (exact) mass is 209 g/mol. The Morgan fingerprint density at radius 1 is 1.40 bits per heavy atom. The Morgan fingerprint density at radius 3 is 2.47 bits per heavy atom. The second kappa shape index (κ2) is 4.59. The summed E-state index contributed by atoms with van der Waals surface area (Å²) < 4.78 is 0. The standard InChI is InChI=1S/C11H19N3O/c1-11(2,8-15-12)9-5-6-10(13-7-9)14(3)4/h5-7H,8,12H2,1-4H3. The highest BCUT2D eigenvalue weighted by molar-refractivity contribution is 5.38. The molecule has 1 aromatic rings. The third-order valence-corrected chi connectivity index (χ3v) is 2.43. The summed E-state index contributed by atoms with van der Waals surface area (Å²) in [6, 6.07) is 4.05. The molecule has 1 rings (SSSR count). The average Bonchev–Trinajstić information content (AvgIpc) is 2.18. The molecular weight excluding hydrogens is 190 g/mol. The van der Waals surface area contributed by atoms with E-state index in [1.165, 1.54) is 0 Å². The Bertz CT molecular complexity index is 306. The zero-order chi connectivity index (χ0) is 11.5. The molecular formula is C11H19N3O. The van der Waals surface area contributed by atoms with E-state index in [2.05, 4.69) is 24.9 Å². The second-order valence-electron chi connectivity index (χ2n) is 4.49. The Hall–Kier alpha value is -1.13. The van der Waals surface area contributed by atoms with Gasteiger partial charge in [-0.25, -0.2) is 10.9 Å². The molecule has 0 aliphatic heterocycles. The first-order valence-electron chi connectivity index (χ1n) is 4.93. The maximum Gasteiger partial charge on any atom is 0.127 e. The van der Waals surface area contributed by atoms with Crippen molar-refractivity contribution in [2.24, 2.45) is 5.90 Å². The highest BCUT2D eigenvalue weighted by atomic mass is 16.6. The molecule has 84 valence electrons. The molecule has 15 heavy (non-hydrogen) atoms. The van der Waals surface area contributed by atoms with Crippen molar-refractivity contribution in [1.29, 1.82) is 0 Å². The lowest BCUT2D eigenvalue weighted by Crippen LogP contribution is -2.26. The van der Waals surface area contributed by atoms with Crippen LogP contribution in [0.4, 0.5) is 5.82 Å². The smallest absolute Gasteiger partial charge is 0.127 e. The maximum absolute atomic E-state index is 5.10. The normalized spacial score (nSPS) is 11.5. The third-order valence-electron chi connectivity index (χ3n) is 2.43. The highest BCUT2D eigenvalue weighted by Gasteiger charge is 2.21. The molecule has 4 heteroatoms. The molecule has 4 nitrogen and oxygen atoms in total. The van der Waals surface area contributed by atoms with E-state index < -0.39 is 0 Å². The molecule has 1 aromatic heterocycles. The van der Waals surface area contributed by atoms with E-state index in [-0.39, 0.29) is 5.41 Å². The Labute approximate surface area is 91.0 Å². The summed E-state index contributed by atoms with van der Waals surface area (Å²) in [5, 5.41) is 0. The first-order valence-corrected chi connectivity index (χ1v) is 4.93. The van der Waals surface area contributed by atoms with Crippen molar-refractivity contribution in [3.8, 4) is 0 Å². The quantitative estimate of drug-likeness (QED) is 0.760. The molecule has 0 aromatic carbocycles. The fourth-order valence-electron chi connectivity index (χ4n) is 1.34. The number of anilines is 1. The summed E-state index contributed by atoms with van der Waals surface area (Å²) in [5.74, 6) is 6.05. The number of nitrogens with two attached hydrogens (primary N) is 1. The van der Waals surface area contributed by atoms with Crippen molar-refractivity contribution in [3.63, 3.8) is 0 Å². The molecule has 0 spiro atoms. The van der Waals surface area contributed by atoms with E-state index in [0.717, 1.165) is 11.4 Å². The SMILES string of the molecule is CN(C)c1ccc(C(C)(C)CON)cn1. The van der Waals surface area contributed by atoms with Gasteiger partial charge < -0.3 is 9.74 Å². The minimum absolute atomic E-state index is 0.105. The van der Waals surface area contributed by atoms with Gasteiger partial charge in [0.25, 0.3) is 0 Å². The van der Waals surface area contributed by atoms with Gasteiger partial charge in [0.2, 0.25) is 0 Å². The summed E-state index contributed by atoms with van der Waals surface area (Å²) in [4.78, 5) is 11.0. The predicted molar refractivity (Wildman–Crippen MR) is 61.7 cm³/mol. The van der Waals surface area contributed by atoms with Crippen LogP contribution in [0.25, 0.3) is 0 Å². The first kappa shape index (κ1) is 11.9. The molecule has 0 aliphatic carbocycles. The van der Waals surface area contributed by atoms with Gasteiger partial charge in [0.05, 0.1) is 6.61 Å². The molecule has 1 heterocycles. The summed E-state index contributed by atoms with van der Waals surface area (Å²) in [5.41, 5.74) is 1.02. The number of aromatic nitrogens is 1. The van der Waals surface area contributed by atoms with Crippen LogP contribution in [-0.2, 0) is 10.3 Å². The fraction of sp³-hybridized carbons (Fsp3) is 0.545. The topological polar surface area (TPSA) is 51.4 Å². The summed E-state index contributed by atoms with van der Waals surface area (Å²) in [7, 11) is 3.94. The second-order valence-corrected chi connectivity index (χ2v) is 4.49. The van der Waals surface area contributed by atoms with Crippen molar-refractivity contribution in [1.82, 2.24) is 4.98 Å². The maximum atomic E-state index is 5.10. The summed E-state index contributed by atoms with van der Waals surface area (Å²) in [6.07, 6.45) is 1.87. The summed E-state index contributed by atoms with van der Waals surface area (Å²) in [6.45, 7) is 4.63. The largest absolute Gasteiger partial charge is 0.363 e. The molecule has 0 bridgehead atoms. The van der Waals surface area contributed by atoms with E-state index in [4.69, 9.17) is 10.7 Å². The predicted octanol–water partition coefficient (Wildman–Crippen LogP) is 1.32. The Balaban J connectivity index is 2.88. The van der Waals surface area contributed by atoms with Crippen LogP contribution >= 0.6 is 0 Å². The number of hydrogen-bond acceptors (Lipinski definition) is 4. The van der Waals surface area contributed by atoms with Gasteiger partial charge >= 0.3 is 0 Å². The van der Waals surface area contributed by atoms with Crippen LogP contribution in [0, 0.1) is 0 Å². The zero-order valence-corrected chi connectivity index (χ0v) is 9.82. The number of nitrogens with zero attached hydrogens (tertiary/aromatic N) is 2. The van der Waals surface area contributed by atoms with Crippen molar-refractivity contribution in [2.75, 3.05) is 25.6 Å². The van der Waals surface area contributed by atoms with Crippen LogP contribution in [-0.4, -0.2) is 25.7 Å². The minimum atomic E-state index is -0.105. The summed E-state index contributed by atoms with van der Waals surface area (Å²) >= 11 is 0. The molecule has 0 saturated heterocycles. The molecule has 0 amide bonds. The van der Waals surface area contributed by atoms with Gasteiger partial charge in [0.15, 0.2) is 0 Å². The van der Waals surface area contributed by atoms with Gasteiger partial charge in [-0.05, 0) is 11.6 Å². The fourth-order valence-corrected chi connectivity index (χ4v) is 1.34. The molecule has 0 aliphatic rings. The Morgan fingerprint density at radius 2 is 2.07 bits per heavy atom. The van der Waals surface area contributed by atoms with Gasteiger partial charge in [0.1, 0.15) is 5.82 Å². The zero-order valence-electron chi connectivity index (χ0n) is 9.82. The van der Waals surface area contributed by atoms with Crippen LogP contribution < -0.4 is 10.8 Å². The van der Waals surface area contributed by atoms with E-state index >= 15 is 0 Å². The lowest BCUT2D eigenvalue weighted by Gasteiger charge is -2.23. The van der Waals surface area contributed by atoms with Crippen molar-refractivity contribution >= 4 is 5.82 Å². The minimum Gasteiger partial charge on any atom is -0.363 e. The molecule has 0 fully saturated rings. The van der Waals surface area contributed by atoms with E-state index in [0.29, 0.717) is 6.61 Å². The van der Waals surface area contributed by atoms with Gasteiger partial charge in [-0.3, -0.25) is 0 Å². The molecule has 0 atom stereocenters. The Kier molecular flexibility index (Phi) is 3.66. The van der Waals surface area contributed by atoms with Crippen molar-refractivity contribution in [2.45, 2.75) is 19.3 Å². The molecule has 2 N–H and O–H groups in total. The first-order chi connectivity index (χ1) is 6.97. The van der Waals surface area contributed by atoms with Crippen LogP contribution in [0.5, 0.6) is 0 Å². The van der Waals surface area contributed by atoms with Gasteiger partial charge in [-0.15, -0.1) is 0 Å². The van der Waals surface area contributed by atoms with Crippen LogP contribution in [0.1, 0.15) is 19.4 Å². The van der Waals surface area contributed by atoms with Gasteiger partial charge in [-0.1, -0.05) is 19.9 Å². The lowest BCUT2D eigenvalue weighted by atomic mass is 9.87. The average molecular weight is 209 g/mol. The number of pyridine rings is 1. The van der Waals surface area contributed by atoms with E-state index in [1.807, 2.05) is 31.3 Å². The van der Waals surface area contributed by atoms with E-state index in [1.54, 1.807) is 0 Å². The highest BCUT2D eigenvalue weighted by Crippen LogP contribution is 2.23. The van der Waals surface area contributed by atoms with Crippen LogP contribution in [0.15, 0.2) is 18.3 Å². The lowest BCUT2D eigenvalue weighted by molar-refractivity contribution is 0.0963. The molecule has 0 radical (unpaired) electrons. The van der Waals surface area contributed by atoms with Gasteiger partial charge in [0, 0.05) is 25.7 Å². The number of hydrogen-bond donors (Lipinski definition) is 1. The van der Waals surface area contributed by atoms with Crippen molar-refractivity contribution in [3.05, 3.63) is 23.9 Å². The molecule has 0 saturated carbocycles. The molecule has 0 unspecified atom stereocenters. The van der Waals surface area contributed by atoms with Crippen LogP contribution in [0.2, 0.25) is 0 Å². The third kappa shape index (κ3) is 2.91. The van der Waals surface area contributed by atoms with Crippen molar-refractivity contribution < 1.29 is 4.84 Å². The number of rotatable bonds is 4. The van der Waals surface area contributed by atoms with Gasteiger partial charge in [-0.2, -0.15) is 0 Å².